The van der Waals surface area contributed by atoms with Crippen LogP contribution in [0, 0.1) is 0 Å². The van der Waals surface area contributed by atoms with Gasteiger partial charge in [0.05, 0.1) is 0 Å². The predicted molar refractivity (Wildman–Crippen MR) is 53.2 cm³/mol. The number of ketones is 1. The van der Waals surface area contributed by atoms with E-state index in [2.05, 4.69) is 22.8 Å². The van der Waals surface area contributed by atoms with Gasteiger partial charge in [-0.15, -0.1) is 0 Å². The average molecular weight is 308 g/mol. The number of rotatable bonds is 1. The predicted octanol–water partition coefficient (Wildman–Crippen LogP) is -1.86. The van der Waals surface area contributed by atoms with E-state index in [1.165, 1.54) is 0 Å². The first-order valence-electron chi connectivity index (χ1n) is 4.80. The molecule has 0 aromatic carbocycles. The molecule has 2 aliphatic rings. The zero-order chi connectivity index (χ0) is 15.2. The van der Waals surface area contributed by atoms with E-state index in [0.717, 1.165) is 7.11 Å². The maximum atomic E-state index is 11.4. The van der Waals surface area contributed by atoms with Gasteiger partial charge in [-0.25, -0.2) is 0 Å². The molecule has 2 fully saturated rings. The van der Waals surface area contributed by atoms with Crippen LogP contribution in [0.15, 0.2) is 0 Å². The van der Waals surface area contributed by atoms with Crippen molar-refractivity contribution in [1.29, 1.82) is 0 Å². The van der Waals surface area contributed by atoms with Crippen LogP contribution < -0.4 is 0 Å². The fourth-order valence-electron chi connectivity index (χ4n) is 1.43. The molecule has 0 aromatic heterocycles. The first kappa shape index (κ1) is 13.9. The molecule has 0 aliphatic carbocycles. The standard InChI is InChI=1S/C8H5O11P/c1-15-5(11)6(12)17-20(2-3(9)4(10)16-20)18-7(13)8(14)19-20/h2H2,1H3. The van der Waals surface area contributed by atoms with E-state index in [0.29, 0.717) is 0 Å². The summed E-state index contributed by atoms with van der Waals surface area (Å²) in [5.41, 5.74) is 0. The number of ether oxygens (including phenoxy) is 1. The van der Waals surface area contributed by atoms with Gasteiger partial charge in [0, 0.05) is 0 Å². The van der Waals surface area contributed by atoms with Crippen LogP contribution in [-0.2, 0) is 51.6 Å². The molecule has 0 atom stereocenters. The molecule has 0 aromatic rings. The van der Waals surface area contributed by atoms with Gasteiger partial charge >= 0.3 is 108 Å². The molecule has 0 bridgehead atoms. The molecule has 0 unspecified atom stereocenters. The molecule has 11 nitrogen and oxygen atoms in total. The minimum absolute atomic E-state index is 0.840. The van der Waals surface area contributed by atoms with Crippen molar-refractivity contribution in [3.63, 3.8) is 0 Å². The van der Waals surface area contributed by atoms with E-state index >= 15 is 0 Å². The molecule has 0 amide bonds. The monoisotopic (exact) mass is 308 g/mol. The second-order valence-electron chi connectivity index (χ2n) is 3.55. The van der Waals surface area contributed by atoms with Crippen molar-refractivity contribution in [1.82, 2.24) is 0 Å². The Morgan fingerprint density at radius 3 is 1.85 bits per heavy atom. The fourth-order valence-corrected chi connectivity index (χ4v) is 4.11. The van der Waals surface area contributed by atoms with Gasteiger partial charge in [0.1, 0.15) is 0 Å². The Balaban J connectivity index is 2.42. The molecule has 2 rings (SSSR count). The molecule has 2 saturated heterocycles. The van der Waals surface area contributed by atoms with Gasteiger partial charge in [0.25, 0.3) is 0 Å². The number of methoxy groups -OCH3 is 1. The first-order valence-corrected chi connectivity index (χ1v) is 6.90. The third-order valence-electron chi connectivity index (χ3n) is 2.19. The Kier molecular flexibility index (Phi) is 2.75. The summed E-state index contributed by atoms with van der Waals surface area (Å²) in [4.78, 5) is 66.9. The van der Waals surface area contributed by atoms with Crippen molar-refractivity contribution in [3.8, 4) is 0 Å². The van der Waals surface area contributed by atoms with Gasteiger partial charge in [0.2, 0.25) is 0 Å². The quantitative estimate of drug-likeness (QED) is 0.305. The van der Waals surface area contributed by atoms with Gasteiger partial charge in [-0.3, -0.25) is 0 Å². The maximum absolute atomic E-state index is 11.4. The molecule has 0 N–H and O–H groups in total. The van der Waals surface area contributed by atoms with Gasteiger partial charge in [-0.05, 0) is 0 Å². The molecule has 12 heteroatoms. The Morgan fingerprint density at radius 1 is 0.950 bits per heavy atom. The number of carbonyl (C=O) groups excluding carboxylic acids is 6. The van der Waals surface area contributed by atoms with Crippen LogP contribution in [0.25, 0.3) is 0 Å². The minimum atomic E-state index is -5.45. The van der Waals surface area contributed by atoms with Crippen LogP contribution in [0.3, 0.4) is 0 Å². The number of carbonyl (C=O) groups is 6. The summed E-state index contributed by atoms with van der Waals surface area (Å²) >= 11 is 0. The van der Waals surface area contributed by atoms with Crippen molar-refractivity contribution in [3.05, 3.63) is 0 Å². The molecule has 0 radical (unpaired) electrons. The second-order valence-corrected chi connectivity index (χ2v) is 6.53. The van der Waals surface area contributed by atoms with E-state index in [1.807, 2.05) is 0 Å². The summed E-state index contributed by atoms with van der Waals surface area (Å²) in [5.74, 6) is -9.31. The second kappa shape index (κ2) is 3.97. The van der Waals surface area contributed by atoms with E-state index in [4.69, 9.17) is 0 Å². The molecule has 2 aliphatic heterocycles. The van der Waals surface area contributed by atoms with Gasteiger partial charge in [0.15, 0.2) is 0 Å². The number of hydrogen-bond donors (Lipinski definition) is 0. The summed E-state index contributed by atoms with van der Waals surface area (Å²) in [7, 11) is -4.61. The molecule has 108 valence electrons. The number of hydrogen-bond acceptors (Lipinski definition) is 11. The molecular weight excluding hydrogens is 303 g/mol. The summed E-state index contributed by atoms with van der Waals surface area (Å²) in [6.45, 7) is 0. The summed E-state index contributed by atoms with van der Waals surface area (Å²) in [6, 6.07) is 0. The molecule has 2 heterocycles. The van der Waals surface area contributed by atoms with Gasteiger partial charge in [-0.2, -0.15) is 0 Å². The fraction of sp³-hybridized carbons (Fsp3) is 0.250. The van der Waals surface area contributed by atoms with Crippen LogP contribution >= 0.6 is 7.51 Å². The van der Waals surface area contributed by atoms with Gasteiger partial charge < -0.3 is 0 Å². The van der Waals surface area contributed by atoms with Crippen LogP contribution in [0.1, 0.15) is 0 Å². The average Bonchev–Trinajstić information content (AvgIpc) is 2.73. The Labute approximate surface area is 109 Å². The Hall–Kier alpha value is -2.55. The summed E-state index contributed by atoms with van der Waals surface area (Å²) in [6.07, 6.45) is -1.11. The van der Waals surface area contributed by atoms with Gasteiger partial charge in [-0.1, -0.05) is 0 Å². The summed E-state index contributed by atoms with van der Waals surface area (Å²) in [5, 5.41) is 0. The van der Waals surface area contributed by atoms with Crippen molar-refractivity contribution in [2.24, 2.45) is 0 Å². The van der Waals surface area contributed by atoms with Crippen molar-refractivity contribution in [2.75, 3.05) is 13.3 Å². The Morgan fingerprint density at radius 2 is 1.45 bits per heavy atom. The molecule has 0 saturated carbocycles. The van der Waals surface area contributed by atoms with Crippen LogP contribution in [0.5, 0.6) is 0 Å². The van der Waals surface area contributed by atoms with Crippen molar-refractivity contribution < 1.29 is 51.6 Å². The number of Topliss-reactive ketones (excluding diaryl/α,β-unsaturated/α-hetero) is 1. The Bertz CT molecular complexity index is 514. The van der Waals surface area contributed by atoms with E-state index in [1.54, 1.807) is 0 Å². The van der Waals surface area contributed by atoms with Crippen molar-refractivity contribution in [2.45, 2.75) is 0 Å². The zero-order valence-electron chi connectivity index (χ0n) is 9.65. The molecular formula is C8H5O11P. The molecule has 20 heavy (non-hydrogen) atoms. The van der Waals surface area contributed by atoms with Crippen LogP contribution in [-0.4, -0.2) is 48.9 Å². The van der Waals surface area contributed by atoms with E-state index in [9.17, 15) is 28.8 Å². The third kappa shape index (κ3) is 1.88. The summed E-state index contributed by atoms with van der Waals surface area (Å²) < 4.78 is 21.7. The first-order chi connectivity index (χ1) is 9.20. The van der Waals surface area contributed by atoms with Crippen LogP contribution in [0.2, 0.25) is 0 Å². The third-order valence-corrected chi connectivity index (χ3v) is 5.06. The van der Waals surface area contributed by atoms with E-state index < -0.39 is 49.3 Å². The topological polar surface area (TPSA) is 149 Å². The van der Waals surface area contributed by atoms with Crippen molar-refractivity contribution >= 4 is 43.1 Å². The van der Waals surface area contributed by atoms with E-state index in [-0.39, 0.29) is 0 Å². The zero-order valence-corrected chi connectivity index (χ0v) is 10.5. The van der Waals surface area contributed by atoms with Crippen LogP contribution in [0.4, 0.5) is 0 Å². The number of esters is 1. The molecule has 1 spiro atoms. The normalized spacial score (nSPS) is 24.1. The SMILES string of the molecule is COC(=O)C(=O)OP12(CC(=O)C(=O)O1)OC(=O)C(=O)O2.